The van der Waals surface area contributed by atoms with Crippen molar-refractivity contribution in [3.8, 4) is 6.07 Å². The van der Waals surface area contributed by atoms with Gasteiger partial charge in [0.25, 0.3) is 0 Å². The van der Waals surface area contributed by atoms with Crippen molar-refractivity contribution < 1.29 is 0 Å². The van der Waals surface area contributed by atoms with Gasteiger partial charge in [0.05, 0.1) is 18.7 Å². The van der Waals surface area contributed by atoms with E-state index in [2.05, 4.69) is 25.0 Å². The van der Waals surface area contributed by atoms with Gasteiger partial charge >= 0.3 is 0 Å². The molecule has 0 fully saturated rings. The van der Waals surface area contributed by atoms with E-state index in [-0.39, 0.29) is 0 Å². The second-order valence-corrected chi connectivity index (χ2v) is 2.76. The Balaban J connectivity index is 2.75. The van der Waals surface area contributed by atoms with Gasteiger partial charge in [-0.05, 0) is 13.8 Å². The third kappa shape index (κ3) is 1.81. The molecule has 3 heteroatoms. The first kappa shape index (κ1) is 7.80. The highest BCUT2D eigenvalue weighted by Gasteiger charge is 1.99. The molecular formula is C8H11N3. The van der Waals surface area contributed by atoms with Crippen LogP contribution in [0.5, 0.6) is 0 Å². The molecule has 0 aliphatic carbocycles. The minimum atomic E-state index is 0.377. The van der Waals surface area contributed by atoms with Crippen LogP contribution in [0.2, 0.25) is 0 Å². The Bertz CT molecular complexity index is 267. The van der Waals surface area contributed by atoms with Crippen LogP contribution in [0.4, 0.5) is 0 Å². The molecule has 0 radical (unpaired) electrons. The van der Waals surface area contributed by atoms with Crippen molar-refractivity contribution in [2.24, 2.45) is 0 Å². The summed E-state index contributed by atoms with van der Waals surface area (Å²) in [5.74, 6) is 0. The first-order chi connectivity index (χ1) is 5.24. The lowest BCUT2D eigenvalue weighted by molar-refractivity contribution is 0.532. The summed E-state index contributed by atoms with van der Waals surface area (Å²) in [7, 11) is 0. The summed E-state index contributed by atoms with van der Waals surface area (Å²) >= 11 is 0. The lowest BCUT2D eigenvalue weighted by Gasteiger charge is -2.02. The van der Waals surface area contributed by atoms with Crippen LogP contribution in [-0.2, 0) is 6.42 Å². The largest absolute Gasteiger partial charge is 0.270 e. The van der Waals surface area contributed by atoms with E-state index in [1.165, 1.54) is 0 Å². The number of nitrogens with zero attached hydrogens (tertiary/aromatic N) is 3. The number of rotatable bonds is 2. The topological polar surface area (TPSA) is 41.6 Å². The zero-order valence-electron chi connectivity index (χ0n) is 6.78. The van der Waals surface area contributed by atoms with Crippen molar-refractivity contribution >= 4 is 0 Å². The molecule has 0 amide bonds. The van der Waals surface area contributed by atoms with Crippen molar-refractivity contribution in [3.63, 3.8) is 0 Å². The fourth-order valence-electron chi connectivity index (χ4n) is 0.842. The van der Waals surface area contributed by atoms with Crippen LogP contribution < -0.4 is 0 Å². The van der Waals surface area contributed by atoms with Gasteiger partial charge in [-0.25, -0.2) is 0 Å². The van der Waals surface area contributed by atoms with Gasteiger partial charge in [-0.1, -0.05) is 0 Å². The normalized spacial score (nSPS) is 10.0. The molecule has 0 atom stereocenters. The molecule has 1 aromatic rings. The van der Waals surface area contributed by atoms with E-state index >= 15 is 0 Å². The first-order valence-electron chi connectivity index (χ1n) is 3.64. The highest BCUT2D eigenvalue weighted by atomic mass is 15.3. The Morgan fingerprint density at radius 3 is 2.91 bits per heavy atom. The van der Waals surface area contributed by atoms with E-state index in [0.717, 1.165) is 5.56 Å². The second kappa shape index (κ2) is 3.20. The second-order valence-electron chi connectivity index (χ2n) is 2.76. The summed E-state index contributed by atoms with van der Waals surface area (Å²) < 4.78 is 1.85. The monoisotopic (exact) mass is 149 g/mol. The third-order valence-corrected chi connectivity index (χ3v) is 1.47. The summed E-state index contributed by atoms with van der Waals surface area (Å²) in [6, 6.07) is 2.46. The molecule has 1 rings (SSSR count). The first-order valence-corrected chi connectivity index (χ1v) is 3.64. The maximum atomic E-state index is 8.38. The molecule has 11 heavy (non-hydrogen) atoms. The van der Waals surface area contributed by atoms with Crippen LogP contribution in [0.25, 0.3) is 0 Å². The molecule has 0 unspecified atom stereocenters. The Morgan fingerprint density at radius 2 is 2.45 bits per heavy atom. The van der Waals surface area contributed by atoms with Crippen LogP contribution in [0.3, 0.4) is 0 Å². The standard InChI is InChI=1S/C8H11N3/c1-7(2)11-6-8(3-4-9)5-10-11/h5-7H,3H2,1-2H3. The van der Waals surface area contributed by atoms with Crippen LogP contribution in [0.1, 0.15) is 25.5 Å². The van der Waals surface area contributed by atoms with E-state index in [1.54, 1.807) is 6.20 Å². The molecule has 0 spiro atoms. The molecular weight excluding hydrogens is 138 g/mol. The van der Waals surface area contributed by atoms with Crippen LogP contribution >= 0.6 is 0 Å². The van der Waals surface area contributed by atoms with Gasteiger partial charge in [0.2, 0.25) is 0 Å². The smallest absolute Gasteiger partial charge is 0.0670 e. The average molecular weight is 149 g/mol. The SMILES string of the molecule is CC(C)n1cc(CC#N)cn1. The summed E-state index contributed by atoms with van der Waals surface area (Å²) in [4.78, 5) is 0. The fourth-order valence-corrected chi connectivity index (χ4v) is 0.842. The van der Waals surface area contributed by atoms with Crippen molar-refractivity contribution in [2.45, 2.75) is 26.3 Å². The van der Waals surface area contributed by atoms with Crippen LogP contribution in [-0.4, -0.2) is 9.78 Å². The minimum Gasteiger partial charge on any atom is -0.270 e. The summed E-state index contributed by atoms with van der Waals surface area (Å²) in [6.45, 7) is 4.12. The van der Waals surface area contributed by atoms with E-state index in [0.29, 0.717) is 12.5 Å². The predicted octanol–water partition coefficient (Wildman–Crippen LogP) is 1.53. The van der Waals surface area contributed by atoms with Crippen molar-refractivity contribution in [1.82, 2.24) is 9.78 Å². The number of hydrogen-bond acceptors (Lipinski definition) is 2. The van der Waals surface area contributed by atoms with Gasteiger partial charge in [0.15, 0.2) is 0 Å². The van der Waals surface area contributed by atoms with Gasteiger partial charge < -0.3 is 0 Å². The zero-order valence-corrected chi connectivity index (χ0v) is 6.78. The van der Waals surface area contributed by atoms with Crippen LogP contribution in [0.15, 0.2) is 12.4 Å². The van der Waals surface area contributed by atoms with E-state index in [1.807, 2.05) is 10.9 Å². The number of nitriles is 1. The number of hydrogen-bond donors (Lipinski definition) is 0. The Labute approximate surface area is 66.3 Å². The molecule has 0 bridgehead atoms. The maximum Gasteiger partial charge on any atom is 0.0670 e. The van der Waals surface area contributed by atoms with E-state index in [4.69, 9.17) is 5.26 Å². The minimum absolute atomic E-state index is 0.377. The molecule has 0 aromatic carbocycles. The zero-order chi connectivity index (χ0) is 8.27. The highest BCUT2D eigenvalue weighted by Crippen LogP contribution is 2.04. The van der Waals surface area contributed by atoms with Crippen molar-refractivity contribution in [2.75, 3.05) is 0 Å². The third-order valence-electron chi connectivity index (χ3n) is 1.47. The molecule has 58 valence electrons. The molecule has 0 aliphatic rings. The van der Waals surface area contributed by atoms with Gasteiger partial charge in [0, 0.05) is 17.8 Å². The van der Waals surface area contributed by atoms with E-state index in [9.17, 15) is 0 Å². The molecule has 3 nitrogen and oxygen atoms in total. The molecule has 0 aliphatic heterocycles. The van der Waals surface area contributed by atoms with Crippen molar-refractivity contribution in [1.29, 1.82) is 5.26 Å². The van der Waals surface area contributed by atoms with Gasteiger partial charge in [-0.15, -0.1) is 0 Å². The summed E-state index contributed by atoms with van der Waals surface area (Å²) in [5.41, 5.74) is 0.987. The average Bonchev–Trinajstić information content (AvgIpc) is 2.37. The fraction of sp³-hybridized carbons (Fsp3) is 0.500. The molecule has 0 saturated heterocycles. The van der Waals surface area contributed by atoms with Gasteiger partial charge in [0.1, 0.15) is 0 Å². The molecule has 0 saturated carbocycles. The maximum absolute atomic E-state index is 8.38. The van der Waals surface area contributed by atoms with Gasteiger partial charge in [-0.3, -0.25) is 4.68 Å². The lowest BCUT2D eigenvalue weighted by atomic mass is 10.3. The summed E-state index contributed by atoms with van der Waals surface area (Å²) in [6.07, 6.45) is 4.10. The van der Waals surface area contributed by atoms with Crippen molar-refractivity contribution in [3.05, 3.63) is 18.0 Å². The Hall–Kier alpha value is -1.30. The predicted molar refractivity (Wildman–Crippen MR) is 41.9 cm³/mol. The summed E-state index contributed by atoms with van der Waals surface area (Å²) in [5, 5.41) is 12.5. The van der Waals surface area contributed by atoms with Crippen LogP contribution in [0, 0.1) is 11.3 Å². The van der Waals surface area contributed by atoms with Gasteiger partial charge in [-0.2, -0.15) is 10.4 Å². The highest BCUT2D eigenvalue weighted by molar-refractivity contribution is 5.09. The quantitative estimate of drug-likeness (QED) is 0.639. The lowest BCUT2D eigenvalue weighted by Crippen LogP contribution is -1.99. The molecule has 0 N–H and O–H groups in total. The molecule has 1 heterocycles. The Kier molecular flexibility index (Phi) is 2.27. The molecule has 1 aromatic heterocycles. The van der Waals surface area contributed by atoms with E-state index < -0.39 is 0 Å². The number of aromatic nitrogens is 2. The Morgan fingerprint density at radius 1 is 1.73 bits per heavy atom.